The number of aromatic nitrogens is 1. The number of hydrogen-bond acceptors (Lipinski definition) is 5. The molecule has 126 valence electrons. The first-order chi connectivity index (χ1) is 11.8. The summed E-state index contributed by atoms with van der Waals surface area (Å²) in [5.74, 6) is 0.604. The Kier molecular flexibility index (Phi) is 4.32. The van der Waals surface area contributed by atoms with Crippen LogP contribution in [0.2, 0.25) is 0 Å². The van der Waals surface area contributed by atoms with Crippen molar-refractivity contribution in [3.8, 4) is 5.75 Å². The molecule has 0 unspecified atom stereocenters. The van der Waals surface area contributed by atoms with E-state index in [0.717, 1.165) is 57.4 Å². The fourth-order valence-corrected chi connectivity index (χ4v) is 3.25. The van der Waals surface area contributed by atoms with Crippen molar-refractivity contribution in [2.45, 2.75) is 13.2 Å². The number of benzene rings is 1. The van der Waals surface area contributed by atoms with Gasteiger partial charge in [0.1, 0.15) is 12.4 Å². The van der Waals surface area contributed by atoms with E-state index in [9.17, 15) is 4.39 Å². The van der Waals surface area contributed by atoms with Gasteiger partial charge in [0.25, 0.3) is 0 Å². The number of ether oxygens (including phenoxy) is 1. The lowest BCUT2D eigenvalue weighted by atomic mass is 10.0. The van der Waals surface area contributed by atoms with Gasteiger partial charge in [-0.3, -0.25) is 4.90 Å². The molecule has 1 fully saturated rings. The van der Waals surface area contributed by atoms with Crippen LogP contribution in [0.3, 0.4) is 0 Å². The average Bonchev–Trinajstić information content (AvgIpc) is 2.57. The van der Waals surface area contributed by atoms with Crippen LogP contribution in [0.1, 0.15) is 11.1 Å². The van der Waals surface area contributed by atoms with E-state index in [0.29, 0.717) is 0 Å². The summed E-state index contributed by atoms with van der Waals surface area (Å²) in [6.45, 7) is 6.19. The minimum Gasteiger partial charge on any atom is -0.488 e. The third-order valence-electron chi connectivity index (χ3n) is 4.70. The molecule has 1 saturated heterocycles. The molecule has 0 spiro atoms. The normalized spacial score (nSPS) is 17.1. The zero-order chi connectivity index (χ0) is 16.4. The van der Waals surface area contributed by atoms with Gasteiger partial charge in [0.15, 0.2) is 0 Å². The summed E-state index contributed by atoms with van der Waals surface area (Å²) in [6.07, 6.45) is 1.53. The Balaban J connectivity index is 1.24. The molecule has 2 aliphatic heterocycles. The van der Waals surface area contributed by atoms with Gasteiger partial charge < -0.3 is 15.0 Å². The Morgan fingerprint density at radius 1 is 1.17 bits per heavy atom. The molecule has 0 saturated carbocycles. The van der Waals surface area contributed by atoms with Crippen molar-refractivity contribution < 1.29 is 9.13 Å². The van der Waals surface area contributed by atoms with Gasteiger partial charge in [-0.2, -0.15) is 4.39 Å². The maximum absolute atomic E-state index is 13.2. The molecular formula is C18H21FN4O. The molecular weight excluding hydrogens is 307 g/mol. The molecule has 24 heavy (non-hydrogen) atoms. The second kappa shape index (κ2) is 6.75. The van der Waals surface area contributed by atoms with Crippen molar-refractivity contribution in [2.24, 2.45) is 0 Å². The first-order valence-corrected chi connectivity index (χ1v) is 8.33. The van der Waals surface area contributed by atoms with E-state index < -0.39 is 5.95 Å². The first-order valence-electron chi connectivity index (χ1n) is 8.33. The number of piperazine rings is 1. The number of hydrogen-bond donors (Lipinski definition) is 1. The van der Waals surface area contributed by atoms with Crippen molar-refractivity contribution in [3.63, 3.8) is 0 Å². The van der Waals surface area contributed by atoms with Crippen LogP contribution >= 0.6 is 0 Å². The van der Waals surface area contributed by atoms with Crippen LogP contribution in [0, 0.1) is 5.95 Å². The highest BCUT2D eigenvalue weighted by molar-refractivity contribution is 5.45. The lowest BCUT2D eigenvalue weighted by Crippen LogP contribution is -2.49. The number of fused-ring (bicyclic) bond motifs is 1. The fraction of sp³-hybridized carbons (Fsp3) is 0.389. The molecule has 0 bridgehead atoms. The third-order valence-corrected chi connectivity index (χ3v) is 4.70. The van der Waals surface area contributed by atoms with Gasteiger partial charge >= 0.3 is 0 Å². The predicted molar refractivity (Wildman–Crippen MR) is 90.5 cm³/mol. The Bertz CT molecular complexity index is 716. The monoisotopic (exact) mass is 328 g/mol. The maximum atomic E-state index is 13.2. The number of nitrogens with zero attached hydrogens (tertiary/aromatic N) is 3. The lowest BCUT2D eigenvalue weighted by molar-refractivity contribution is 0.231. The van der Waals surface area contributed by atoms with Crippen LogP contribution in [0.4, 0.5) is 10.1 Å². The van der Waals surface area contributed by atoms with E-state index in [1.54, 1.807) is 0 Å². The summed E-state index contributed by atoms with van der Waals surface area (Å²) in [6, 6.07) is 9.59. The van der Waals surface area contributed by atoms with Crippen LogP contribution in [-0.2, 0) is 13.2 Å². The molecule has 0 radical (unpaired) electrons. The summed E-state index contributed by atoms with van der Waals surface area (Å²) in [4.78, 5) is 8.21. The quantitative estimate of drug-likeness (QED) is 0.850. The van der Waals surface area contributed by atoms with Gasteiger partial charge in [0.2, 0.25) is 5.95 Å². The summed E-state index contributed by atoms with van der Waals surface area (Å²) < 4.78 is 18.6. The van der Waals surface area contributed by atoms with Crippen LogP contribution in [0.15, 0.2) is 36.5 Å². The van der Waals surface area contributed by atoms with E-state index in [4.69, 9.17) is 4.74 Å². The Labute approximate surface area is 141 Å². The highest BCUT2D eigenvalue weighted by Crippen LogP contribution is 2.31. The second-order valence-corrected chi connectivity index (χ2v) is 6.21. The number of pyridine rings is 1. The fourth-order valence-electron chi connectivity index (χ4n) is 3.25. The molecule has 1 aromatic heterocycles. The molecule has 0 aliphatic carbocycles. The smallest absolute Gasteiger partial charge is 0.214 e. The lowest BCUT2D eigenvalue weighted by Gasteiger charge is -2.36. The number of halogens is 1. The van der Waals surface area contributed by atoms with E-state index in [2.05, 4.69) is 26.2 Å². The van der Waals surface area contributed by atoms with Gasteiger partial charge in [-0.25, -0.2) is 4.98 Å². The largest absolute Gasteiger partial charge is 0.488 e. The molecule has 2 aliphatic rings. The van der Waals surface area contributed by atoms with Crippen molar-refractivity contribution in [1.82, 2.24) is 15.2 Å². The zero-order valence-electron chi connectivity index (χ0n) is 13.5. The van der Waals surface area contributed by atoms with Crippen molar-refractivity contribution in [2.75, 3.05) is 37.7 Å². The number of anilines is 1. The Hall–Kier alpha value is -2.18. The minimum atomic E-state index is -0.417. The van der Waals surface area contributed by atoms with Gasteiger partial charge in [-0.15, -0.1) is 0 Å². The molecule has 2 aromatic rings. The molecule has 1 N–H and O–H groups in total. The van der Waals surface area contributed by atoms with E-state index in [1.807, 2.05) is 18.2 Å². The van der Waals surface area contributed by atoms with Crippen LogP contribution in [0.5, 0.6) is 5.75 Å². The topological polar surface area (TPSA) is 40.6 Å². The molecule has 0 amide bonds. The number of rotatable bonds is 5. The van der Waals surface area contributed by atoms with Crippen molar-refractivity contribution in [1.29, 1.82) is 0 Å². The van der Waals surface area contributed by atoms with Crippen LogP contribution < -0.4 is 15.0 Å². The SMILES string of the molecule is Fc1cc(N2CCN(CNCc3cccc4c3CO4)CC2)ccn1. The van der Waals surface area contributed by atoms with Gasteiger partial charge in [-0.1, -0.05) is 12.1 Å². The van der Waals surface area contributed by atoms with Crippen LogP contribution in [0.25, 0.3) is 0 Å². The maximum Gasteiger partial charge on any atom is 0.214 e. The van der Waals surface area contributed by atoms with Crippen molar-refractivity contribution in [3.05, 3.63) is 53.6 Å². The Morgan fingerprint density at radius 3 is 2.79 bits per heavy atom. The standard InChI is InChI=1S/C18H21FN4O/c19-18-10-15(4-5-21-18)23-8-6-22(7-9-23)13-20-11-14-2-1-3-17-16(14)12-24-17/h1-5,10,20H,6-9,11-13H2. The Morgan fingerprint density at radius 2 is 2.04 bits per heavy atom. The molecule has 3 heterocycles. The van der Waals surface area contributed by atoms with Gasteiger partial charge in [0.05, 0.1) is 0 Å². The molecule has 0 atom stereocenters. The second-order valence-electron chi connectivity index (χ2n) is 6.21. The van der Waals surface area contributed by atoms with E-state index in [-0.39, 0.29) is 0 Å². The molecule has 1 aromatic carbocycles. The third kappa shape index (κ3) is 3.20. The van der Waals surface area contributed by atoms with Crippen molar-refractivity contribution >= 4 is 5.69 Å². The highest BCUT2D eigenvalue weighted by Gasteiger charge is 2.19. The average molecular weight is 328 g/mol. The minimum absolute atomic E-state index is 0.417. The summed E-state index contributed by atoms with van der Waals surface area (Å²) in [7, 11) is 0. The summed E-state index contributed by atoms with van der Waals surface area (Å²) in [5, 5.41) is 3.52. The summed E-state index contributed by atoms with van der Waals surface area (Å²) >= 11 is 0. The molecule has 6 heteroatoms. The van der Waals surface area contributed by atoms with Gasteiger partial charge in [0, 0.05) is 62.9 Å². The molecule has 5 nitrogen and oxygen atoms in total. The van der Waals surface area contributed by atoms with E-state index >= 15 is 0 Å². The highest BCUT2D eigenvalue weighted by atomic mass is 19.1. The van der Waals surface area contributed by atoms with E-state index in [1.165, 1.54) is 23.4 Å². The first kappa shape index (κ1) is 15.4. The van der Waals surface area contributed by atoms with Gasteiger partial charge in [-0.05, 0) is 17.7 Å². The zero-order valence-corrected chi connectivity index (χ0v) is 13.5. The van der Waals surface area contributed by atoms with Crippen LogP contribution in [-0.4, -0.2) is 42.7 Å². The molecule has 4 rings (SSSR count). The predicted octanol–water partition coefficient (Wildman–Crippen LogP) is 1.98. The summed E-state index contributed by atoms with van der Waals surface area (Å²) in [5.41, 5.74) is 3.57. The number of nitrogens with one attached hydrogen (secondary N) is 1.